The van der Waals surface area contributed by atoms with Gasteiger partial charge < -0.3 is 9.84 Å². The molecule has 1 heterocycles. The van der Waals surface area contributed by atoms with Gasteiger partial charge in [-0.25, -0.2) is 0 Å². The van der Waals surface area contributed by atoms with Crippen LogP contribution in [-0.4, -0.2) is 21.5 Å². The van der Waals surface area contributed by atoms with Crippen molar-refractivity contribution in [2.75, 3.05) is 6.61 Å². The quantitative estimate of drug-likeness (QED) is 0.876. The molecule has 5 heteroatoms. The van der Waals surface area contributed by atoms with Crippen LogP contribution in [0.15, 0.2) is 34.9 Å². The first-order valence-electron chi connectivity index (χ1n) is 6.79. The van der Waals surface area contributed by atoms with Crippen molar-refractivity contribution in [3.8, 4) is 5.75 Å². The second-order valence-electron chi connectivity index (χ2n) is 4.51. The fourth-order valence-electron chi connectivity index (χ4n) is 2.10. The van der Waals surface area contributed by atoms with E-state index in [9.17, 15) is 5.11 Å². The Labute approximate surface area is 127 Å². The number of ether oxygens (including phenoxy) is 1. The van der Waals surface area contributed by atoms with Crippen molar-refractivity contribution in [2.24, 2.45) is 0 Å². The predicted octanol–water partition coefficient (Wildman–Crippen LogP) is 3.54. The molecule has 2 rings (SSSR count). The maximum atomic E-state index is 10.6. The van der Waals surface area contributed by atoms with E-state index in [0.29, 0.717) is 6.61 Å². The van der Waals surface area contributed by atoms with E-state index in [1.807, 2.05) is 35.9 Å². The fraction of sp³-hybridized carbons (Fsp3) is 0.400. The smallest absolute Gasteiger partial charge is 0.122 e. The molecule has 0 aliphatic heterocycles. The summed E-state index contributed by atoms with van der Waals surface area (Å²) in [5.74, 6) is 0.810. The predicted molar refractivity (Wildman–Crippen MR) is 81.9 cm³/mol. The summed E-state index contributed by atoms with van der Waals surface area (Å²) in [7, 11) is 0. The monoisotopic (exact) mass is 338 g/mol. The third-order valence-corrected chi connectivity index (χ3v) is 3.65. The highest BCUT2D eigenvalue weighted by atomic mass is 79.9. The van der Waals surface area contributed by atoms with E-state index >= 15 is 0 Å². The lowest BCUT2D eigenvalue weighted by atomic mass is 10.1. The van der Waals surface area contributed by atoms with E-state index in [-0.39, 0.29) is 0 Å². The summed E-state index contributed by atoms with van der Waals surface area (Å²) in [6, 6.07) is 7.50. The van der Waals surface area contributed by atoms with Gasteiger partial charge in [0.1, 0.15) is 11.9 Å². The molecule has 1 aromatic carbocycles. The Kier molecular flexibility index (Phi) is 5.20. The van der Waals surface area contributed by atoms with E-state index < -0.39 is 6.10 Å². The number of aliphatic hydroxyl groups is 1. The van der Waals surface area contributed by atoms with Crippen LogP contribution in [0.4, 0.5) is 0 Å². The molecule has 4 nitrogen and oxygen atoms in total. The van der Waals surface area contributed by atoms with E-state index in [1.54, 1.807) is 6.20 Å². The van der Waals surface area contributed by atoms with Gasteiger partial charge in [-0.15, -0.1) is 0 Å². The zero-order valence-corrected chi connectivity index (χ0v) is 13.3. The molecule has 0 spiro atoms. The van der Waals surface area contributed by atoms with Gasteiger partial charge in [-0.3, -0.25) is 4.68 Å². The van der Waals surface area contributed by atoms with Crippen molar-refractivity contribution < 1.29 is 9.84 Å². The second kappa shape index (κ2) is 6.90. The van der Waals surface area contributed by atoms with Crippen LogP contribution in [0.5, 0.6) is 5.75 Å². The van der Waals surface area contributed by atoms with Gasteiger partial charge in [0.2, 0.25) is 0 Å². The number of hydrogen-bond donors (Lipinski definition) is 1. The molecule has 0 aliphatic rings. The SMILES string of the molecule is CCCn1ncc(Br)c1C(O)c1ccc(OCC)cc1. The summed E-state index contributed by atoms with van der Waals surface area (Å²) in [6.45, 7) is 5.46. The van der Waals surface area contributed by atoms with Crippen molar-refractivity contribution in [1.82, 2.24) is 9.78 Å². The standard InChI is InChI=1S/C15H19BrN2O2/c1-3-9-18-14(13(16)10-17-18)15(19)11-5-7-12(8-6-11)20-4-2/h5-8,10,15,19H,3-4,9H2,1-2H3. The van der Waals surface area contributed by atoms with Crippen LogP contribution in [0.3, 0.4) is 0 Å². The minimum Gasteiger partial charge on any atom is -0.494 e. The zero-order valence-electron chi connectivity index (χ0n) is 11.7. The average Bonchev–Trinajstić information content (AvgIpc) is 2.81. The van der Waals surface area contributed by atoms with Crippen LogP contribution in [0, 0.1) is 0 Å². The van der Waals surface area contributed by atoms with Crippen molar-refractivity contribution in [3.05, 3.63) is 46.2 Å². The van der Waals surface area contributed by atoms with Gasteiger partial charge in [-0.2, -0.15) is 5.10 Å². The van der Waals surface area contributed by atoms with Crippen molar-refractivity contribution in [2.45, 2.75) is 32.9 Å². The van der Waals surface area contributed by atoms with Gasteiger partial charge in [-0.1, -0.05) is 19.1 Å². The molecule has 0 radical (unpaired) electrons. The number of halogens is 1. The lowest BCUT2D eigenvalue weighted by molar-refractivity contribution is 0.206. The van der Waals surface area contributed by atoms with Crippen LogP contribution in [-0.2, 0) is 6.54 Å². The molecule has 0 aliphatic carbocycles. The lowest BCUT2D eigenvalue weighted by Gasteiger charge is -2.15. The van der Waals surface area contributed by atoms with Crippen LogP contribution in [0.1, 0.15) is 37.6 Å². The molecule has 1 unspecified atom stereocenters. The molecule has 20 heavy (non-hydrogen) atoms. The van der Waals surface area contributed by atoms with Gasteiger partial charge in [0.25, 0.3) is 0 Å². The van der Waals surface area contributed by atoms with Gasteiger partial charge in [-0.05, 0) is 47.0 Å². The molecule has 0 fully saturated rings. The molecule has 1 atom stereocenters. The second-order valence-corrected chi connectivity index (χ2v) is 5.36. The highest BCUT2D eigenvalue weighted by molar-refractivity contribution is 9.10. The summed E-state index contributed by atoms with van der Waals surface area (Å²) in [4.78, 5) is 0. The third kappa shape index (κ3) is 3.22. The van der Waals surface area contributed by atoms with E-state index in [2.05, 4.69) is 28.0 Å². The topological polar surface area (TPSA) is 47.3 Å². The fourth-order valence-corrected chi connectivity index (χ4v) is 2.62. The molecule has 2 aromatic rings. The summed E-state index contributed by atoms with van der Waals surface area (Å²) in [5.41, 5.74) is 1.61. The number of benzene rings is 1. The Hall–Kier alpha value is -1.33. The summed E-state index contributed by atoms with van der Waals surface area (Å²) < 4.78 is 8.07. The molecule has 0 saturated carbocycles. The van der Waals surface area contributed by atoms with Gasteiger partial charge in [0.15, 0.2) is 0 Å². The Morgan fingerprint density at radius 2 is 2.00 bits per heavy atom. The largest absolute Gasteiger partial charge is 0.494 e. The normalized spacial score (nSPS) is 12.4. The lowest BCUT2D eigenvalue weighted by Crippen LogP contribution is -2.10. The zero-order chi connectivity index (χ0) is 14.5. The first-order valence-corrected chi connectivity index (χ1v) is 7.58. The number of hydrogen-bond acceptors (Lipinski definition) is 3. The number of nitrogens with zero attached hydrogens (tertiary/aromatic N) is 2. The average molecular weight is 339 g/mol. The molecule has 1 N–H and O–H groups in total. The number of aromatic nitrogens is 2. The molecular formula is C15H19BrN2O2. The Bertz CT molecular complexity index is 552. The van der Waals surface area contributed by atoms with Crippen molar-refractivity contribution in [3.63, 3.8) is 0 Å². The molecule has 1 aromatic heterocycles. The van der Waals surface area contributed by atoms with Crippen LogP contribution < -0.4 is 4.74 Å². The number of aryl methyl sites for hydroxylation is 1. The van der Waals surface area contributed by atoms with Crippen molar-refractivity contribution >= 4 is 15.9 Å². The maximum absolute atomic E-state index is 10.6. The number of aliphatic hydroxyl groups excluding tert-OH is 1. The molecule has 0 bridgehead atoms. The van der Waals surface area contributed by atoms with E-state index in [4.69, 9.17) is 4.74 Å². The Morgan fingerprint density at radius 1 is 1.30 bits per heavy atom. The highest BCUT2D eigenvalue weighted by Crippen LogP contribution is 2.29. The molecule has 108 valence electrons. The van der Waals surface area contributed by atoms with Crippen LogP contribution >= 0.6 is 15.9 Å². The molecule has 0 amide bonds. The Balaban J connectivity index is 2.26. The minimum absolute atomic E-state index is 0.636. The van der Waals surface area contributed by atoms with E-state index in [1.165, 1.54) is 0 Å². The third-order valence-electron chi connectivity index (χ3n) is 3.03. The van der Waals surface area contributed by atoms with Crippen molar-refractivity contribution in [1.29, 1.82) is 0 Å². The Morgan fingerprint density at radius 3 is 2.60 bits per heavy atom. The minimum atomic E-state index is -0.700. The van der Waals surface area contributed by atoms with E-state index in [0.717, 1.165) is 34.4 Å². The molecular weight excluding hydrogens is 320 g/mol. The van der Waals surface area contributed by atoms with Gasteiger partial charge in [0, 0.05) is 6.54 Å². The number of rotatable bonds is 6. The van der Waals surface area contributed by atoms with Crippen LogP contribution in [0.25, 0.3) is 0 Å². The summed E-state index contributed by atoms with van der Waals surface area (Å²) in [6.07, 6.45) is 1.99. The summed E-state index contributed by atoms with van der Waals surface area (Å²) >= 11 is 3.46. The highest BCUT2D eigenvalue weighted by Gasteiger charge is 2.19. The van der Waals surface area contributed by atoms with Gasteiger partial charge >= 0.3 is 0 Å². The van der Waals surface area contributed by atoms with Crippen LogP contribution in [0.2, 0.25) is 0 Å². The first-order chi connectivity index (χ1) is 9.67. The maximum Gasteiger partial charge on any atom is 0.122 e. The van der Waals surface area contributed by atoms with Gasteiger partial charge in [0.05, 0.1) is 23.0 Å². The molecule has 0 saturated heterocycles. The summed E-state index contributed by atoms with van der Waals surface area (Å²) in [5, 5.41) is 14.8. The first kappa shape index (κ1) is 15.1.